The standard InChI is InChI=1S/C6H12Cl2N2O2S/c1-5(11)9-13(12)4-6(2,3)10(7)8/h4H2,1-3H3,(H,9,11). The van der Waals surface area contributed by atoms with Gasteiger partial charge < -0.3 is 4.55 Å². The Labute approximate surface area is 91.1 Å². The van der Waals surface area contributed by atoms with Crippen molar-refractivity contribution in [2.45, 2.75) is 26.3 Å². The fourth-order valence-electron chi connectivity index (χ4n) is 0.566. The van der Waals surface area contributed by atoms with Gasteiger partial charge in [0, 0.05) is 6.92 Å². The Morgan fingerprint density at radius 2 is 2.08 bits per heavy atom. The predicted octanol–water partition coefficient (Wildman–Crippen LogP) is 1.17. The van der Waals surface area contributed by atoms with Crippen molar-refractivity contribution < 1.29 is 9.35 Å². The molecule has 0 radical (unpaired) electrons. The molecule has 0 aromatic heterocycles. The largest absolute Gasteiger partial charge is 0.593 e. The molecule has 1 N–H and O–H groups in total. The molecule has 0 aliphatic heterocycles. The van der Waals surface area contributed by atoms with E-state index in [0.717, 1.165) is 3.94 Å². The Bertz CT molecular complexity index is 189. The number of hydrogen-bond donors (Lipinski definition) is 1. The molecule has 0 heterocycles. The van der Waals surface area contributed by atoms with Gasteiger partial charge in [0.15, 0.2) is 5.75 Å². The molecule has 0 aromatic carbocycles. The van der Waals surface area contributed by atoms with Crippen molar-refractivity contribution >= 4 is 40.8 Å². The number of hydrogen-bond acceptors (Lipinski definition) is 3. The van der Waals surface area contributed by atoms with Crippen LogP contribution in [-0.2, 0) is 16.2 Å². The summed E-state index contributed by atoms with van der Waals surface area (Å²) in [6, 6.07) is 0. The van der Waals surface area contributed by atoms with Gasteiger partial charge in [-0.25, -0.2) is 0 Å². The number of halogens is 2. The molecule has 4 nitrogen and oxygen atoms in total. The van der Waals surface area contributed by atoms with Crippen LogP contribution >= 0.6 is 23.6 Å². The van der Waals surface area contributed by atoms with Crippen LogP contribution in [0.1, 0.15) is 20.8 Å². The molecule has 0 aliphatic rings. The van der Waals surface area contributed by atoms with E-state index < -0.39 is 16.9 Å². The molecule has 1 atom stereocenters. The lowest BCUT2D eigenvalue weighted by atomic mass is 10.1. The predicted molar refractivity (Wildman–Crippen MR) is 54.5 cm³/mol. The van der Waals surface area contributed by atoms with Crippen LogP contribution in [0, 0.1) is 0 Å². The highest BCUT2D eigenvalue weighted by Crippen LogP contribution is 2.21. The summed E-state index contributed by atoms with van der Waals surface area (Å²) in [5, 5.41) is 0. The monoisotopic (exact) mass is 246 g/mol. The minimum Gasteiger partial charge on any atom is -0.593 e. The quantitative estimate of drug-likeness (QED) is 0.599. The van der Waals surface area contributed by atoms with Gasteiger partial charge in [0.2, 0.25) is 0 Å². The van der Waals surface area contributed by atoms with E-state index in [1.807, 2.05) is 0 Å². The molecule has 7 heteroatoms. The van der Waals surface area contributed by atoms with Crippen LogP contribution in [0.3, 0.4) is 0 Å². The maximum atomic E-state index is 11.2. The molecular weight excluding hydrogens is 235 g/mol. The Balaban J connectivity index is 4.03. The first kappa shape index (κ1) is 13.3. The van der Waals surface area contributed by atoms with Crippen LogP contribution in [0.15, 0.2) is 0 Å². The molecule has 0 aliphatic carbocycles. The second kappa shape index (κ2) is 5.26. The molecule has 0 aromatic rings. The Kier molecular flexibility index (Phi) is 5.39. The smallest absolute Gasteiger partial charge is 0.258 e. The van der Waals surface area contributed by atoms with Crippen molar-refractivity contribution in [2.75, 3.05) is 5.75 Å². The molecule has 0 fully saturated rings. The van der Waals surface area contributed by atoms with Crippen molar-refractivity contribution in [2.24, 2.45) is 0 Å². The third kappa shape index (κ3) is 5.59. The first-order valence-electron chi connectivity index (χ1n) is 3.53. The van der Waals surface area contributed by atoms with Crippen molar-refractivity contribution in [3.8, 4) is 0 Å². The number of nitrogens with one attached hydrogen (secondary N) is 1. The van der Waals surface area contributed by atoms with Crippen molar-refractivity contribution in [1.82, 2.24) is 8.66 Å². The number of carbonyl (C=O) groups is 1. The molecule has 0 saturated heterocycles. The van der Waals surface area contributed by atoms with Gasteiger partial charge in [0.25, 0.3) is 5.91 Å². The zero-order chi connectivity index (χ0) is 10.6. The summed E-state index contributed by atoms with van der Waals surface area (Å²) >= 11 is 9.55. The van der Waals surface area contributed by atoms with Gasteiger partial charge >= 0.3 is 0 Å². The summed E-state index contributed by atoms with van der Waals surface area (Å²) in [6.45, 7) is 4.73. The number of amides is 1. The average Bonchev–Trinajstić information content (AvgIpc) is 1.82. The summed E-state index contributed by atoms with van der Waals surface area (Å²) in [5.41, 5.74) is -0.642. The van der Waals surface area contributed by atoms with Crippen LogP contribution < -0.4 is 4.72 Å². The lowest BCUT2D eigenvalue weighted by Crippen LogP contribution is -2.44. The van der Waals surface area contributed by atoms with Crippen LogP contribution in [0.5, 0.6) is 0 Å². The molecule has 13 heavy (non-hydrogen) atoms. The molecule has 0 bridgehead atoms. The van der Waals surface area contributed by atoms with Crippen molar-refractivity contribution in [3.63, 3.8) is 0 Å². The first-order valence-corrected chi connectivity index (χ1v) is 5.52. The normalized spacial score (nSPS) is 14.4. The maximum Gasteiger partial charge on any atom is 0.258 e. The molecular formula is C6H12Cl2N2O2S. The summed E-state index contributed by atoms with van der Waals surface area (Å²) in [4.78, 5) is 10.5. The topological polar surface area (TPSA) is 55.4 Å². The number of carbonyl (C=O) groups excluding carboxylic acids is 1. The van der Waals surface area contributed by atoms with Gasteiger partial charge in [-0.05, 0) is 37.4 Å². The minimum atomic E-state index is -1.45. The van der Waals surface area contributed by atoms with E-state index in [4.69, 9.17) is 23.6 Å². The lowest BCUT2D eigenvalue weighted by molar-refractivity contribution is -0.117. The third-order valence-electron chi connectivity index (χ3n) is 1.20. The average molecular weight is 247 g/mol. The van der Waals surface area contributed by atoms with Gasteiger partial charge in [0.1, 0.15) is 0 Å². The Hall–Kier alpha value is 0.320. The van der Waals surface area contributed by atoms with Crippen molar-refractivity contribution in [1.29, 1.82) is 0 Å². The Morgan fingerprint density at radius 3 is 2.38 bits per heavy atom. The number of rotatable bonds is 4. The van der Waals surface area contributed by atoms with E-state index >= 15 is 0 Å². The molecule has 0 saturated carbocycles. The summed E-state index contributed by atoms with van der Waals surface area (Å²) in [6.07, 6.45) is 0. The summed E-state index contributed by atoms with van der Waals surface area (Å²) < 4.78 is 14.4. The lowest BCUT2D eigenvalue weighted by Gasteiger charge is -2.26. The van der Waals surface area contributed by atoms with E-state index in [1.165, 1.54) is 6.92 Å². The van der Waals surface area contributed by atoms with E-state index in [1.54, 1.807) is 13.8 Å². The highest BCUT2D eigenvalue weighted by atomic mass is 35.5. The number of nitrogens with zero attached hydrogens (tertiary/aromatic N) is 1. The molecule has 1 amide bonds. The minimum absolute atomic E-state index is 0.166. The molecule has 0 rings (SSSR count). The SMILES string of the molecule is CC(=O)N[S+]([O-])CC(C)(C)N(Cl)Cl. The zero-order valence-electron chi connectivity index (χ0n) is 7.63. The highest BCUT2D eigenvalue weighted by Gasteiger charge is 2.31. The molecule has 78 valence electrons. The molecule has 0 spiro atoms. The highest BCUT2D eigenvalue weighted by molar-refractivity contribution is 7.90. The first-order chi connectivity index (χ1) is 5.75. The molecule has 1 unspecified atom stereocenters. The van der Waals surface area contributed by atoms with E-state index in [2.05, 4.69) is 4.72 Å². The van der Waals surface area contributed by atoms with Crippen LogP contribution in [0.2, 0.25) is 0 Å². The van der Waals surface area contributed by atoms with E-state index in [-0.39, 0.29) is 11.7 Å². The fraction of sp³-hybridized carbons (Fsp3) is 0.833. The second-order valence-corrected chi connectivity index (χ2v) is 5.23. The van der Waals surface area contributed by atoms with Gasteiger partial charge in [-0.1, -0.05) is 0 Å². The second-order valence-electron chi connectivity index (χ2n) is 3.19. The summed E-state index contributed by atoms with van der Waals surface area (Å²) in [7, 11) is 0. The zero-order valence-corrected chi connectivity index (χ0v) is 9.96. The van der Waals surface area contributed by atoms with Crippen LogP contribution in [-0.4, -0.2) is 25.7 Å². The fourth-order valence-corrected chi connectivity index (χ4v) is 1.99. The van der Waals surface area contributed by atoms with Gasteiger partial charge in [-0.3, -0.25) is 4.79 Å². The summed E-state index contributed by atoms with van der Waals surface area (Å²) in [5.74, 6) is -0.177. The van der Waals surface area contributed by atoms with E-state index in [0.29, 0.717) is 0 Å². The van der Waals surface area contributed by atoms with Gasteiger partial charge in [0.05, 0.1) is 16.9 Å². The van der Waals surface area contributed by atoms with Crippen LogP contribution in [0.25, 0.3) is 0 Å². The van der Waals surface area contributed by atoms with Gasteiger partial charge in [-0.2, -0.15) is 4.72 Å². The Morgan fingerprint density at radius 1 is 1.62 bits per heavy atom. The maximum absolute atomic E-state index is 11.2. The van der Waals surface area contributed by atoms with Crippen LogP contribution in [0.4, 0.5) is 0 Å². The van der Waals surface area contributed by atoms with Gasteiger partial charge in [-0.15, -0.1) is 3.94 Å². The van der Waals surface area contributed by atoms with Crippen molar-refractivity contribution in [3.05, 3.63) is 0 Å². The third-order valence-corrected chi connectivity index (χ3v) is 3.60. The van der Waals surface area contributed by atoms with E-state index in [9.17, 15) is 9.35 Å².